The molecule has 0 fully saturated rings. The van der Waals surface area contributed by atoms with Gasteiger partial charge in [-0.1, -0.05) is 6.92 Å². The molecular weight excluding hydrogens is 311 g/mol. The maximum Gasteiger partial charge on any atom is 0.228 e. The Balaban J connectivity index is 0.00000242. The molecule has 120 valence electrons. The van der Waals surface area contributed by atoms with Gasteiger partial charge < -0.3 is 11.1 Å². The molecule has 2 unspecified atom stereocenters. The molecule has 0 saturated carbocycles. The lowest BCUT2D eigenvalue weighted by Gasteiger charge is -2.16. The lowest BCUT2D eigenvalue weighted by atomic mass is 10.0. The number of hydrogen-bond donors (Lipinski definition) is 2. The van der Waals surface area contributed by atoms with Crippen LogP contribution in [0.4, 0.5) is 10.1 Å². The van der Waals surface area contributed by atoms with E-state index >= 15 is 0 Å². The average Bonchev–Trinajstić information content (AvgIpc) is 2.86. The molecule has 0 aliphatic heterocycles. The smallest absolute Gasteiger partial charge is 0.228 e. The fourth-order valence-electron chi connectivity index (χ4n) is 1.70. The van der Waals surface area contributed by atoms with Gasteiger partial charge in [-0.25, -0.2) is 4.39 Å². The second kappa shape index (κ2) is 7.28. The normalized spacial score (nSPS) is 13.1. The van der Waals surface area contributed by atoms with Crippen molar-refractivity contribution in [1.29, 1.82) is 0 Å². The van der Waals surface area contributed by atoms with Crippen LogP contribution in [-0.4, -0.2) is 32.2 Å². The standard InChI is InChI=1S/C13H17FN6O.ClH/c1-7(8(2)15)13(21)16-10-4-5-11(14)12(6-10)20-9(3)17-18-19-20;/h4-8H,15H2,1-3H3,(H,16,21);1H. The monoisotopic (exact) mass is 328 g/mol. The van der Waals surface area contributed by atoms with Gasteiger partial charge in [0.05, 0.1) is 5.92 Å². The van der Waals surface area contributed by atoms with Crippen molar-refractivity contribution in [2.24, 2.45) is 11.7 Å². The molecule has 1 aromatic heterocycles. The first-order valence-corrected chi connectivity index (χ1v) is 6.51. The Kier molecular flexibility index (Phi) is 5.95. The van der Waals surface area contributed by atoms with E-state index in [0.717, 1.165) is 0 Å². The van der Waals surface area contributed by atoms with Crippen molar-refractivity contribution in [2.45, 2.75) is 26.8 Å². The summed E-state index contributed by atoms with van der Waals surface area (Å²) in [6.45, 7) is 5.14. The Labute approximate surface area is 133 Å². The van der Waals surface area contributed by atoms with Crippen LogP contribution < -0.4 is 11.1 Å². The van der Waals surface area contributed by atoms with Crippen LogP contribution in [0.1, 0.15) is 19.7 Å². The molecule has 2 rings (SSSR count). The molecule has 0 radical (unpaired) electrons. The van der Waals surface area contributed by atoms with E-state index in [1.54, 1.807) is 20.8 Å². The summed E-state index contributed by atoms with van der Waals surface area (Å²) >= 11 is 0. The summed E-state index contributed by atoms with van der Waals surface area (Å²) in [5, 5.41) is 13.6. The molecule has 22 heavy (non-hydrogen) atoms. The number of amides is 1. The lowest BCUT2D eigenvalue weighted by Crippen LogP contribution is -2.34. The molecular formula is C13H18ClFN6O. The predicted octanol–water partition coefficient (Wildman–Crippen LogP) is 1.45. The molecule has 0 saturated heterocycles. The van der Waals surface area contributed by atoms with Gasteiger partial charge in [-0.3, -0.25) is 4.79 Å². The number of rotatable bonds is 4. The Morgan fingerprint density at radius 2 is 2.09 bits per heavy atom. The van der Waals surface area contributed by atoms with Gasteiger partial charge in [0.25, 0.3) is 0 Å². The van der Waals surface area contributed by atoms with Crippen molar-refractivity contribution in [1.82, 2.24) is 20.2 Å². The molecule has 1 amide bonds. The van der Waals surface area contributed by atoms with Crippen LogP contribution in [0.15, 0.2) is 18.2 Å². The minimum absolute atomic E-state index is 0. The van der Waals surface area contributed by atoms with Crippen molar-refractivity contribution >= 4 is 24.0 Å². The van der Waals surface area contributed by atoms with Crippen LogP contribution in [-0.2, 0) is 4.79 Å². The molecule has 2 atom stereocenters. The Morgan fingerprint density at radius 1 is 1.41 bits per heavy atom. The zero-order chi connectivity index (χ0) is 15.6. The van der Waals surface area contributed by atoms with Crippen molar-refractivity contribution in [3.8, 4) is 5.69 Å². The summed E-state index contributed by atoms with van der Waals surface area (Å²) < 4.78 is 15.2. The van der Waals surface area contributed by atoms with E-state index in [1.807, 2.05) is 0 Å². The highest BCUT2D eigenvalue weighted by Crippen LogP contribution is 2.19. The minimum Gasteiger partial charge on any atom is -0.327 e. The molecule has 2 aromatic rings. The number of benzene rings is 1. The van der Waals surface area contributed by atoms with Gasteiger partial charge in [0.2, 0.25) is 5.91 Å². The third kappa shape index (κ3) is 3.77. The maximum atomic E-state index is 13.9. The molecule has 9 heteroatoms. The SMILES string of the molecule is Cc1nnnn1-c1cc(NC(=O)C(C)C(C)N)ccc1F.Cl. The Bertz CT molecular complexity index is 660. The first kappa shape index (κ1) is 18.0. The highest BCUT2D eigenvalue weighted by atomic mass is 35.5. The van der Waals surface area contributed by atoms with Gasteiger partial charge in [-0.15, -0.1) is 17.5 Å². The van der Waals surface area contributed by atoms with E-state index in [0.29, 0.717) is 11.5 Å². The van der Waals surface area contributed by atoms with Gasteiger partial charge in [-0.05, 0) is 42.5 Å². The number of anilines is 1. The number of nitrogens with one attached hydrogen (secondary N) is 1. The summed E-state index contributed by atoms with van der Waals surface area (Å²) in [5.74, 6) is -0.616. The van der Waals surface area contributed by atoms with E-state index < -0.39 is 5.82 Å². The van der Waals surface area contributed by atoms with Crippen LogP contribution in [0.2, 0.25) is 0 Å². The number of aromatic nitrogens is 4. The van der Waals surface area contributed by atoms with E-state index in [2.05, 4.69) is 20.8 Å². The first-order valence-electron chi connectivity index (χ1n) is 6.51. The number of nitrogens with zero attached hydrogens (tertiary/aromatic N) is 4. The zero-order valence-corrected chi connectivity index (χ0v) is 13.3. The van der Waals surface area contributed by atoms with Crippen molar-refractivity contribution in [2.75, 3.05) is 5.32 Å². The molecule has 3 N–H and O–H groups in total. The van der Waals surface area contributed by atoms with Crippen molar-refractivity contribution in [3.63, 3.8) is 0 Å². The van der Waals surface area contributed by atoms with E-state index in [1.165, 1.54) is 22.9 Å². The quantitative estimate of drug-likeness (QED) is 0.885. The lowest BCUT2D eigenvalue weighted by molar-refractivity contribution is -0.119. The van der Waals surface area contributed by atoms with Gasteiger partial charge in [-0.2, -0.15) is 4.68 Å². The fourth-order valence-corrected chi connectivity index (χ4v) is 1.70. The molecule has 0 spiro atoms. The summed E-state index contributed by atoms with van der Waals surface area (Å²) in [7, 11) is 0. The summed E-state index contributed by atoms with van der Waals surface area (Å²) in [6.07, 6.45) is 0. The van der Waals surface area contributed by atoms with Crippen LogP contribution in [0, 0.1) is 18.7 Å². The van der Waals surface area contributed by atoms with Gasteiger partial charge in [0.15, 0.2) is 5.82 Å². The van der Waals surface area contributed by atoms with Gasteiger partial charge >= 0.3 is 0 Å². The number of nitrogens with two attached hydrogens (primary N) is 1. The third-order valence-corrected chi connectivity index (χ3v) is 3.27. The third-order valence-electron chi connectivity index (χ3n) is 3.27. The molecule has 0 bridgehead atoms. The summed E-state index contributed by atoms with van der Waals surface area (Å²) in [4.78, 5) is 12.0. The highest BCUT2D eigenvalue weighted by molar-refractivity contribution is 5.93. The molecule has 0 aliphatic carbocycles. The second-order valence-electron chi connectivity index (χ2n) is 4.94. The topological polar surface area (TPSA) is 98.7 Å². The minimum atomic E-state index is -0.483. The Morgan fingerprint density at radius 3 is 2.64 bits per heavy atom. The Hall–Kier alpha value is -2.06. The number of carbonyl (C=O) groups excluding carboxylic acids is 1. The number of hydrogen-bond acceptors (Lipinski definition) is 5. The summed E-state index contributed by atoms with van der Waals surface area (Å²) in [6, 6.07) is 3.93. The van der Waals surface area contributed by atoms with Gasteiger partial charge in [0, 0.05) is 11.7 Å². The number of carbonyl (C=O) groups is 1. The van der Waals surface area contributed by atoms with Gasteiger partial charge in [0.1, 0.15) is 11.5 Å². The van der Waals surface area contributed by atoms with Crippen LogP contribution >= 0.6 is 12.4 Å². The molecule has 0 aliphatic rings. The highest BCUT2D eigenvalue weighted by Gasteiger charge is 2.18. The fraction of sp³-hybridized carbons (Fsp3) is 0.385. The largest absolute Gasteiger partial charge is 0.327 e. The maximum absolute atomic E-state index is 13.9. The molecule has 1 heterocycles. The van der Waals surface area contributed by atoms with Crippen LogP contribution in [0.25, 0.3) is 5.69 Å². The average molecular weight is 329 g/mol. The molecule has 1 aromatic carbocycles. The van der Waals surface area contributed by atoms with E-state index in [4.69, 9.17) is 5.73 Å². The van der Waals surface area contributed by atoms with Crippen LogP contribution in [0.3, 0.4) is 0 Å². The zero-order valence-electron chi connectivity index (χ0n) is 12.4. The summed E-state index contributed by atoms with van der Waals surface area (Å²) in [5.41, 5.74) is 6.32. The number of halogens is 2. The van der Waals surface area contributed by atoms with E-state index in [9.17, 15) is 9.18 Å². The first-order chi connectivity index (χ1) is 9.90. The second-order valence-corrected chi connectivity index (χ2v) is 4.94. The van der Waals surface area contributed by atoms with Crippen molar-refractivity contribution < 1.29 is 9.18 Å². The molecule has 7 nitrogen and oxygen atoms in total. The number of aryl methyl sites for hydroxylation is 1. The number of tetrazole rings is 1. The van der Waals surface area contributed by atoms with Crippen molar-refractivity contribution in [3.05, 3.63) is 29.8 Å². The van der Waals surface area contributed by atoms with Crippen LogP contribution in [0.5, 0.6) is 0 Å². The van der Waals surface area contributed by atoms with E-state index in [-0.39, 0.29) is 36.0 Å². The predicted molar refractivity (Wildman–Crippen MR) is 82.5 cm³/mol.